The lowest BCUT2D eigenvalue weighted by Gasteiger charge is -2.35. The van der Waals surface area contributed by atoms with Gasteiger partial charge in [0.1, 0.15) is 0 Å². The standard InChI is InChI=1S/C20H35N5O/c1-3-22-11-13-24(14-12-22)20(26)6-5-18-7-9-23(10-8-18)16-19-15-21-25(4-2)17-19/h15,17-18H,3-14,16H2,1-2H3. The van der Waals surface area contributed by atoms with Crippen LogP contribution in [0.1, 0.15) is 45.1 Å². The number of likely N-dealkylation sites (N-methyl/N-ethyl adjacent to an activating group) is 1. The normalized spacial score (nSPS) is 20.6. The Labute approximate surface area is 158 Å². The Hall–Kier alpha value is -1.40. The molecule has 0 saturated carbocycles. The predicted molar refractivity (Wildman–Crippen MR) is 104 cm³/mol. The third kappa shape index (κ3) is 5.30. The van der Waals surface area contributed by atoms with E-state index in [0.29, 0.717) is 11.8 Å². The van der Waals surface area contributed by atoms with Crippen LogP contribution in [0.5, 0.6) is 0 Å². The van der Waals surface area contributed by atoms with Crippen LogP contribution in [0.4, 0.5) is 0 Å². The summed E-state index contributed by atoms with van der Waals surface area (Å²) in [6.45, 7) is 13.5. The maximum absolute atomic E-state index is 12.5. The number of likely N-dealkylation sites (tertiary alicyclic amines) is 1. The zero-order valence-electron chi connectivity index (χ0n) is 16.6. The lowest BCUT2D eigenvalue weighted by Crippen LogP contribution is -2.48. The molecule has 6 heteroatoms. The third-order valence-electron chi connectivity index (χ3n) is 6.06. The smallest absolute Gasteiger partial charge is 0.222 e. The van der Waals surface area contributed by atoms with E-state index in [1.54, 1.807) is 0 Å². The van der Waals surface area contributed by atoms with Crippen LogP contribution in [0.25, 0.3) is 0 Å². The molecular weight excluding hydrogens is 326 g/mol. The van der Waals surface area contributed by atoms with Gasteiger partial charge in [-0.25, -0.2) is 0 Å². The molecule has 0 bridgehead atoms. The largest absolute Gasteiger partial charge is 0.340 e. The number of piperidine rings is 1. The minimum Gasteiger partial charge on any atom is -0.340 e. The first-order chi connectivity index (χ1) is 12.7. The Morgan fingerprint density at radius 1 is 1.04 bits per heavy atom. The molecule has 1 amide bonds. The van der Waals surface area contributed by atoms with Crippen LogP contribution < -0.4 is 0 Å². The summed E-state index contributed by atoms with van der Waals surface area (Å²) in [7, 11) is 0. The van der Waals surface area contributed by atoms with Crippen molar-refractivity contribution in [3.05, 3.63) is 18.0 Å². The van der Waals surface area contributed by atoms with Crippen LogP contribution in [-0.4, -0.2) is 76.2 Å². The lowest BCUT2D eigenvalue weighted by molar-refractivity contribution is -0.133. The van der Waals surface area contributed by atoms with Gasteiger partial charge in [0.25, 0.3) is 0 Å². The Bertz CT molecular complexity index is 556. The SMILES string of the molecule is CCN1CCN(C(=O)CCC2CCN(Cc3cnn(CC)c3)CC2)CC1. The predicted octanol–water partition coefficient (Wildman–Crippen LogP) is 2.06. The van der Waals surface area contributed by atoms with E-state index in [1.807, 2.05) is 10.9 Å². The molecule has 0 unspecified atom stereocenters. The van der Waals surface area contributed by atoms with Gasteiger partial charge in [0, 0.05) is 57.4 Å². The number of aromatic nitrogens is 2. The third-order valence-corrected chi connectivity index (χ3v) is 6.06. The van der Waals surface area contributed by atoms with Gasteiger partial charge in [-0.1, -0.05) is 6.92 Å². The van der Waals surface area contributed by atoms with E-state index in [9.17, 15) is 4.79 Å². The number of nitrogens with zero attached hydrogens (tertiary/aromatic N) is 5. The van der Waals surface area contributed by atoms with Gasteiger partial charge in [0.15, 0.2) is 0 Å². The molecular formula is C20H35N5O. The highest BCUT2D eigenvalue weighted by Gasteiger charge is 2.23. The second-order valence-corrected chi connectivity index (χ2v) is 7.78. The molecule has 2 saturated heterocycles. The Morgan fingerprint density at radius 2 is 1.77 bits per heavy atom. The van der Waals surface area contributed by atoms with Crippen molar-refractivity contribution >= 4 is 5.91 Å². The quantitative estimate of drug-likeness (QED) is 0.746. The van der Waals surface area contributed by atoms with Crippen LogP contribution in [0.2, 0.25) is 0 Å². The minimum atomic E-state index is 0.371. The van der Waals surface area contributed by atoms with Crippen molar-refractivity contribution in [3.8, 4) is 0 Å². The number of aryl methyl sites for hydroxylation is 1. The summed E-state index contributed by atoms with van der Waals surface area (Å²) in [5.41, 5.74) is 1.31. The van der Waals surface area contributed by atoms with Crippen LogP contribution in [0.15, 0.2) is 12.4 Å². The monoisotopic (exact) mass is 361 g/mol. The van der Waals surface area contributed by atoms with E-state index in [2.05, 4.69) is 39.8 Å². The van der Waals surface area contributed by atoms with Gasteiger partial charge in [0.2, 0.25) is 5.91 Å². The average molecular weight is 362 g/mol. The topological polar surface area (TPSA) is 44.6 Å². The average Bonchev–Trinajstić information content (AvgIpc) is 3.15. The number of hydrogen-bond acceptors (Lipinski definition) is 4. The van der Waals surface area contributed by atoms with Crippen molar-refractivity contribution in [2.24, 2.45) is 5.92 Å². The molecule has 1 aromatic rings. The number of hydrogen-bond donors (Lipinski definition) is 0. The maximum atomic E-state index is 12.5. The fraction of sp³-hybridized carbons (Fsp3) is 0.800. The first-order valence-corrected chi connectivity index (χ1v) is 10.4. The number of piperazine rings is 1. The van der Waals surface area contributed by atoms with Crippen molar-refractivity contribution in [3.63, 3.8) is 0 Å². The zero-order valence-corrected chi connectivity index (χ0v) is 16.6. The van der Waals surface area contributed by atoms with E-state index < -0.39 is 0 Å². The van der Waals surface area contributed by atoms with Gasteiger partial charge in [-0.15, -0.1) is 0 Å². The van der Waals surface area contributed by atoms with Crippen LogP contribution in [0.3, 0.4) is 0 Å². The van der Waals surface area contributed by atoms with E-state index in [4.69, 9.17) is 0 Å². The van der Waals surface area contributed by atoms with E-state index in [0.717, 1.165) is 71.7 Å². The maximum Gasteiger partial charge on any atom is 0.222 e. The summed E-state index contributed by atoms with van der Waals surface area (Å²) < 4.78 is 1.99. The van der Waals surface area contributed by atoms with Gasteiger partial charge in [-0.05, 0) is 51.7 Å². The molecule has 0 aliphatic carbocycles. The highest BCUT2D eigenvalue weighted by Crippen LogP contribution is 2.23. The van der Waals surface area contributed by atoms with Gasteiger partial charge in [0.05, 0.1) is 6.20 Å². The van der Waals surface area contributed by atoms with Crippen molar-refractivity contribution in [1.29, 1.82) is 0 Å². The molecule has 2 fully saturated rings. The lowest BCUT2D eigenvalue weighted by atomic mass is 9.91. The summed E-state index contributed by atoms with van der Waals surface area (Å²) in [5, 5.41) is 4.36. The molecule has 3 rings (SSSR count). The highest BCUT2D eigenvalue weighted by atomic mass is 16.2. The fourth-order valence-electron chi connectivity index (χ4n) is 4.15. The van der Waals surface area contributed by atoms with Crippen LogP contribution in [-0.2, 0) is 17.9 Å². The summed E-state index contributed by atoms with van der Waals surface area (Å²) >= 11 is 0. The second-order valence-electron chi connectivity index (χ2n) is 7.78. The van der Waals surface area contributed by atoms with Crippen molar-refractivity contribution in [2.45, 2.75) is 52.6 Å². The highest BCUT2D eigenvalue weighted by molar-refractivity contribution is 5.76. The number of carbonyl (C=O) groups excluding carboxylic acids is 1. The molecule has 6 nitrogen and oxygen atoms in total. The van der Waals surface area contributed by atoms with Crippen LogP contribution in [0, 0.1) is 5.92 Å². The van der Waals surface area contributed by atoms with Gasteiger partial charge in [-0.3, -0.25) is 14.4 Å². The molecule has 2 aliphatic heterocycles. The van der Waals surface area contributed by atoms with Crippen molar-refractivity contribution in [1.82, 2.24) is 24.5 Å². The van der Waals surface area contributed by atoms with Gasteiger partial charge in [-0.2, -0.15) is 5.10 Å². The molecule has 0 radical (unpaired) electrons. The van der Waals surface area contributed by atoms with E-state index >= 15 is 0 Å². The van der Waals surface area contributed by atoms with E-state index in [1.165, 1.54) is 18.4 Å². The fourth-order valence-corrected chi connectivity index (χ4v) is 4.15. The van der Waals surface area contributed by atoms with Crippen LogP contribution >= 0.6 is 0 Å². The molecule has 2 aliphatic rings. The number of rotatable bonds is 7. The van der Waals surface area contributed by atoms with Crippen molar-refractivity contribution in [2.75, 3.05) is 45.8 Å². The van der Waals surface area contributed by atoms with Gasteiger partial charge >= 0.3 is 0 Å². The summed E-state index contributed by atoms with van der Waals surface area (Å²) in [6.07, 6.45) is 8.39. The van der Waals surface area contributed by atoms with Gasteiger partial charge < -0.3 is 9.80 Å². The van der Waals surface area contributed by atoms with E-state index in [-0.39, 0.29) is 0 Å². The molecule has 0 atom stereocenters. The molecule has 1 aromatic heterocycles. The van der Waals surface area contributed by atoms with Crippen molar-refractivity contribution < 1.29 is 4.79 Å². The minimum absolute atomic E-state index is 0.371. The summed E-state index contributed by atoms with van der Waals surface area (Å²) in [6, 6.07) is 0. The molecule has 146 valence electrons. The molecule has 0 spiro atoms. The second kappa shape index (κ2) is 9.51. The Morgan fingerprint density at radius 3 is 2.38 bits per heavy atom. The number of carbonyl (C=O) groups is 1. The molecule has 3 heterocycles. The Kier molecular flexibility index (Phi) is 7.08. The number of amides is 1. The summed E-state index contributed by atoms with van der Waals surface area (Å²) in [5.74, 6) is 1.08. The Balaban J connectivity index is 1.33. The molecule has 26 heavy (non-hydrogen) atoms. The molecule has 0 aromatic carbocycles. The molecule has 0 N–H and O–H groups in total. The zero-order chi connectivity index (χ0) is 18.4. The first kappa shape index (κ1) is 19.4. The summed E-state index contributed by atoms with van der Waals surface area (Å²) in [4.78, 5) is 19.5. The first-order valence-electron chi connectivity index (χ1n) is 10.4.